The van der Waals surface area contributed by atoms with Gasteiger partial charge in [-0.3, -0.25) is 9.89 Å². The zero-order valence-electron chi connectivity index (χ0n) is 12.3. The number of aromatic amines is 1. The molecule has 0 bridgehead atoms. The Morgan fingerprint density at radius 1 is 1.48 bits per heavy atom. The number of alkyl halides is 2. The maximum atomic E-state index is 12.3. The molecule has 0 fully saturated rings. The van der Waals surface area contributed by atoms with Crippen LogP contribution in [-0.2, 0) is 0 Å². The van der Waals surface area contributed by atoms with E-state index in [4.69, 9.17) is 5.73 Å². The molecule has 1 atom stereocenters. The van der Waals surface area contributed by atoms with Gasteiger partial charge in [0, 0.05) is 18.2 Å². The number of carbonyl (C=O) groups excluding carboxylic acids is 1. The summed E-state index contributed by atoms with van der Waals surface area (Å²) in [6, 6.07) is 5.83. The van der Waals surface area contributed by atoms with Crippen molar-refractivity contribution in [1.29, 1.82) is 0 Å². The second-order valence-electron chi connectivity index (χ2n) is 4.68. The molecule has 1 heterocycles. The number of amides is 1. The average Bonchev–Trinajstić information content (AvgIpc) is 2.96. The van der Waals surface area contributed by atoms with Crippen molar-refractivity contribution in [3.63, 3.8) is 0 Å². The van der Waals surface area contributed by atoms with Crippen molar-refractivity contribution < 1.29 is 18.3 Å². The van der Waals surface area contributed by atoms with Gasteiger partial charge in [0.05, 0.1) is 17.5 Å². The summed E-state index contributed by atoms with van der Waals surface area (Å²) in [6.45, 7) is -0.837. The largest absolute Gasteiger partial charge is 0.435 e. The number of benzene rings is 1. The number of H-pyrrole nitrogens is 1. The second-order valence-corrected chi connectivity index (χ2v) is 4.68. The number of rotatable bonds is 6. The van der Waals surface area contributed by atoms with E-state index in [9.17, 15) is 13.6 Å². The first kappa shape index (κ1) is 18.9. The summed E-state index contributed by atoms with van der Waals surface area (Å²) >= 11 is 0. The smallest absolute Gasteiger partial charge is 0.387 e. The van der Waals surface area contributed by atoms with Crippen LogP contribution in [0.3, 0.4) is 0 Å². The molecule has 9 heteroatoms. The van der Waals surface area contributed by atoms with Crippen LogP contribution in [0.5, 0.6) is 5.75 Å². The van der Waals surface area contributed by atoms with Crippen molar-refractivity contribution in [1.82, 2.24) is 15.5 Å². The van der Waals surface area contributed by atoms with Crippen LogP contribution in [0.1, 0.15) is 17.3 Å². The van der Waals surface area contributed by atoms with Crippen LogP contribution < -0.4 is 15.8 Å². The van der Waals surface area contributed by atoms with E-state index in [1.165, 1.54) is 18.3 Å². The molecular formula is C14H17ClF2N4O2. The summed E-state index contributed by atoms with van der Waals surface area (Å²) in [7, 11) is 0. The number of aromatic nitrogens is 2. The minimum atomic E-state index is -2.91. The number of nitrogens with zero attached hydrogens (tertiary/aromatic N) is 1. The van der Waals surface area contributed by atoms with Gasteiger partial charge >= 0.3 is 6.61 Å². The van der Waals surface area contributed by atoms with E-state index in [-0.39, 0.29) is 30.1 Å². The van der Waals surface area contributed by atoms with Crippen molar-refractivity contribution in [2.75, 3.05) is 6.54 Å². The normalized spacial score (nSPS) is 11.7. The Morgan fingerprint density at radius 2 is 2.22 bits per heavy atom. The van der Waals surface area contributed by atoms with Gasteiger partial charge in [0.15, 0.2) is 0 Å². The second kappa shape index (κ2) is 8.44. The molecule has 1 aromatic heterocycles. The first-order valence-electron chi connectivity index (χ1n) is 6.60. The summed E-state index contributed by atoms with van der Waals surface area (Å²) in [4.78, 5) is 12.2. The third-order valence-corrected chi connectivity index (χ3v) is 2.96. The summed E-state index contributed by atoms with van der Waals surface area (Å²) in [5.41, 5.74) is 6.70. The van der Waals surface area contributed by atoms with Gasteiger partial charge in [-0.15, -0.1) is 12.4 Å². The Labute approximate surface area is 137 Å². The maximum absolute atomic E-state index is 12.3. The van der Waals surface area contributed by atoms with Gasteiger partial charge in [-0.05, 0) is 19.1 Å². The monoisotopic (exact) mass is 346 g/mol. The number of nitrogens with two attached hydrogens (primary N) is 1. The molecule has 0 saturated heterocycles. The molecule has 1 amide bonds. The van der Waals surface area contributed by atoms with Crippen LogP contribution >= 0.6 is 12.4 Å². The number of nitrogens with one attached hydrogen (secondary N) is 2. The van der Waals surface area contributed by atoms with Crippen LogP contribution in [-0.4, -0.2) is 35.3 Å². The summed E-state index contributed by atoms with van der Waals surface area (Å²) < 4.78 is 28.9. The highest BCUT2D eigenvalue weighted by atomic mass is 35.5. The van der Waals surface area contributed by atoms with Crippen molar-refractivity contribution in [3.8, 4) is 17.0 Å². The number of hydrogen-bond donors (Lipinski definition) is 3. The predicted octanol–water partition coefficient (Wildman–Crippen LogP) is 2.18. The average molecular weight is 347 g/mol. The molecule has 0 radical (unpaired) electrons. The molecule has 2 rings (SSSR count). The fraction of sp³-hybridized carbons (Fsp3) is 0.286. The Bertz CT molecular complexity index is 651. The van der Waals surface area contributed by atoms with Crippen molar-refractivity contribution in [2.24, 2.45) is 5.73 Å². The highest BCUT2D eigenvalue weighted by Gasteiger charge is 2.17. The zero-order valence-corrected chi connectivity index (χ0v) is 13.1. The lowest BCUT2D eigenvalue weighted by atomic mass is 10.1. The van der Waals surface area contributed by atoms with Gasteiger partial charge in [-0.2, -0.15) is 13.9 Å². The van der Waals surface area contributed by atoms with E-state index in [1.54, 1.807) is 19.1 Å². The summed E-state index contributed by atoms with van der Waals surface area (Å²) in [6.07, 6.45) is 1.37. The highest BCUT2D eigenvalue weighted by molar-refractivity contribution is 5.99. The van der Waals surface area contributed by atoms with Crippen molar-refractivity contribution in [2.45, 2.75) is 19.6 Å². The summed E-state index contributed by atoms with van der Waals surface area (Å²) in [5.74, 6) is -0.342. The lowest BCUT2D eigenvalue weighted by Crippen LogP contribution is -2.37. The van der Waals surface area contributed by atoms with Crippen LogP contribution in [0.4, 0.5) is 8.78 Å². The molecule has 0 unspecified atom stereocenters. The lowest BCUT2D eigenvalue weighted by Gasteiger charge is -2.11. The molecular weight excluding hydrogens is 330 g/mol. The van der Waals surface area contributed by atoms with Gasteiger partial charge in [0.1, 0.15) is 5.75 Å². The number of ether oxygens (including phenoxy) is 1. The van der Waals surface area contributed by atoms with Gasteiger partial charge in [0.2, 0.25) is 0 Å². The minimum absolute atomic E-state index is 0. The van der Waals surface area contributed by atoms with Gasteiger partial charge in [-0.1, -0.05) is 12.1 Å². The quantitative estimate of drug-likeness (QED) is 0.747. The van der Waals surface area contributed by atoms with E-state index in [0.717, 1.165) is 0 Å². The third kappa shape index (κ3) is 4.90. The molecule has 4 N–H and O–H groups in total. The molecule has 0 aliphatic carbocycles. The van der Waals surface area contributed by atoms with E-state index in [0.29, 0.717) is 23.4 Å². The minimum Gasteiger partial charge on any atom is -0.435 e. The Kier molecular flexibility index (Phi) is 6.92. The number of hydrogen-bond acceptors (Lipinski definition) is 4. The third-order valence-electron chi connectivity index (χ3n) is 2.96. The fourth-order valence-electron chi connectivity index (χ4n) is 1.87. The van der Waals surface area contributed by atoms with E-state index in [1.807, 2.05) is 0 Å². The van der Waals surface area contributed by atoms with Crippen LogP contribution in [0.25, 0.3) is 11.3 Å². The molecule has 6 nitrogen and oxygen atoms in total. The first-order valence-corrected chi connectivity index (χ1v) is 6.60. The van der Waals surface area contributed by atoms with E-state index >= 15 is 0 Å². The molecule has 23 heavy (non-hydrogen) atoms. The van der Waals surface area contributed by atoms with Crippen LogP contribution in [0, 0.1) is 0 Å². The van der Waals surface area contributed by atoms with Crippen molar-refractivity contribution in [3.05, 3.63) is 36.0 Å². The van der Waals surface area contributed by atoms with Gasteiger partial charge < -0.3 is 15.8 Å². The van der Waals surface area contributed by atoms with Crippen molar-refractivity contribution >= 4 is 18.3 Å². The Hall–Kier alpha value is -2.19. The van der Waals surface area contributed by atoms with Gasteiger partial charge in [-0.25, -0.2) is 0 Å². The molecule has 1 aromatic carbocycles. The topological polar surface area (TPSA) is 93.0 Å². The van der Waals surface area contributed by atoms with Gasteiger partial charge in [0.25, 0.3) is 5.91 Å². The van der Waals surface area contributed by atoms with E-state index < -0.39 is 6.61 Å². The predicted molar refractivity (Wildman–Crippen MR) is 83.9 cm³/mol. The lowest BCUT2D eigenvalue weighted by molar-refractivity contribution is -0.0498. The molecule has 0 saturated carbocycles. The fourth-order valence-corrected chi connectivity index (χ4v) is 1.87. The zero-order chi connectivity index (χ0) is 16.1. The number of carbonyl (C=O) groups is 1. The number of halogens is 3. The highest BCUT2D eigenvalue weighted by Crippen LogP contribution is 2.26. The molecule has 0 aliphatic heterocycles. The molecule has 0 aliphatic rings. The summed E-state index contributed by atoms with van der Waals surface area (Å²) in [5, 5.41) is 9.24. The van der Waals surface area contributed by atoms with Crippen LogP contribution in [0.15, 0.2) is 30.5 Å². The molecule has 0 spiro atoms. The standard InChI is InChI=1S/C14H16F2N4O2.ClH/c1-8(6-17)19-13(21)11-7-18-20-12(11)9-3-2-4-10(5-9)22-14(15)16;/h2-5,7-8,14H,6,17H2,1H3,(H,18,20)(H,19,21);1H/t8-;/m0./s1. The maximum Gasteiger partial charge on any atom is 0.387 e. The molecule has 2 aromatic rings. The Morgan fingerprint density at radius 3 is 2.87 bits per heavy atom. The Balaban J connectivity index is 0.00000264. The first-order chi connectivity index (χ1) is 10.5. The molecule has 126 valence electrons. The van der Waals surface area contributed by atoms with Crippen LogP contribution in [0.2, 0.25) is 0 Å². The SMILES string of the molecule is C[C@@H](CN)NC(=O)c1cn[nH]c1-c1cccc(OC(F)F)c1.Cl. The van der Waals surface area contributed by atoms with E-state index in [2.05, 4.69) is 20.3 Å².